The first-order valence-corrected chi connectivity index (χ1v) is 8.75. The molecular formula is C22H31FO. The number of fused-ring (bicyclic) bond motifs is 1. The first-order valence-electron chi connectivity index (χ1n) is 8.75. The molecule has 3 rings (SSSR count). The highest BCUT2D eigenvalue weighted by Crippen LogP contribution is 2.32. The topological polar surface area (TPSA) is 9.23 Å². The molecule has 24 heavy (non-hydrogen) atoms. The Morgan fingerprint density at radius 2 is 1.92 bits per heavy atom. The van der Waals surface area contributed by atoms with E-state index in [-0.39, 0.29) is 5.82 Å². The number of rotatable bonds is 1. The number of hydrogen-bond acceptors (Lipinski definition) is 1. The number of allylic oxidation sites excluding steroid dienone is 6. The van der Waals surface area contributed by atoms with Crippen molar-refractivity contribution in [3.63, 3.8) is 0 Å². The van der Waals surface area contributed by atoms with Crippen molar-refractivity contribution in [2.24, 2.45) is 0 Å². The molecule has 0 N–H and O–H groups in total. The molecule has 0 aliphatic heterocycles. The van der Waals surface area contributed by atoms with E-state index < -0.39 is 0 Å². The van der Waals surface area contributed by atoms with Gasteiger partial charge in [-0.05, 0) is 69.2 Å². The molecule has 0 saturated heterocycles. The van der Waals surface area contributed by atoms with Gasteiger partial charge in [0.15, 0.2) is 0 Å². The second-order valence-corrected chi connectivity index (χ2v) is 6.39. The van der Waals surface area contributed by atoms with E-state index in [1.165, 1.54) is 28.7 Å². The highest BCUT2D eigenvalue weighted by molar-refractivity contribution is 5.34. The number of aryl methyl sites for hydroxylation is 1. The van der Waals surface area contributed by atoms with Crippen molar-refractivity contribution in [2.75, 3.05) is 13.7 Å². The first-order chi connectivity index (χ1) is 11.5. The van der Waals surface area contributed by atoms with Gasteiger partial charge >= 0.3 is 0 Å². The number of benzene rings is 1. The summed E-state index contributed by atoms with van der Waals surface area (Å²) in [6.07, 6.45) is 12.1. The first kappa shape index (κ1) is 20.4. The lowest BCUT2D eigenvalue weighted by molar-refractivity contribution is 0.215. The molecule has 1 unspecified atom stereocenters. The third-order valence-electron chi connectivity index (χ3n) is 4.23. The summed E-state index contributed by atoms with van der Waals surface area (Å²) in [5.41, 5.74) is 5.32. The summed E-state index contributed by atoms with van der Waals surface area (Å²) in [5.74, 6) is 0.457. The Labute approximate surface area is 146 Å². The lowest BCUT2D eigenvalue weighted by Crippen LogP contribution is -1.87. The quantitative estimate of drug-likeness (QED) is 0.581. The van der Waals surface area contributed by atoms with E-state index in [0.717, 1.165) is 19.4 Å². The smallest absolute Gasteiger partial charge is 0.123 e. The Morgan fingerprint density at radius 3 is 2.58 bits per heavy atom. The van der Waals surface area contributed by atoms with E-state index in [4.69, 9.17) is 0 Å². The van der Waals surface area contributed by atoms with Crippen LogP contribution in [-0.4, -0.2) is 13.7 Å². The molecule has 0 fully saturated rings. The van der Waals surface area contributed by atoms with Crippen LogP contribution in [0.15, 0.2) is 53.6 Å². The average Bonchev–Trinajstić information content (AvgIpc) is 2.83. The van der Waals surface area contributed by atoms with E-state index in [1.54, 1.807) is 19.2 Å². The van der Waals surface area contributed by atoms with Crippen LogP contribution in [0.3, 0.4) is 0 Å². The molecule has 0 saturated carbocycles. The fourth-order valence-electron chi connectivity index (χ4n) is 2.61. The summed E-state index contributed by atoms with van der Waals surface area (Å²) in [6, 6.07) is 5.14. The average molecular weight is 330 g/mol. The molecule has 1 atom stereocenters. The molecule has 2 heteroatoms. The largest absolute Gasteiger partial charge is 0.385 e. The molecule has 1 aromatic rings. The van der Waals surface area contributed by atoms with Gasteiger partial charge in [-0.15, -0.1) is 0 Å². The fraction of sp³-hybridized carbons (Fsp3) is 0.455. The van der Waals surface area contributed by atoms with Crippen LogP contribution in [0.4, 0.5) is 4.39 Å². The van der Waals surface area contributed by atoms with Crippen LogP contribution in [0.25, 0.3) is 0 Å². The molecule has 0 bridgehead atoms. The van der Waals surface area contributed by atoms with Crippen LogP contribution in [0.1, 0.15) is 57.6 Å². The van der Waals surface area contributed by atoms with Crippen molar-refractivity contribution in [3.05, 3.63) is 70.6 Å². The van der Waals surface area contributed by atoms with Gasteiger partial charge in [0, 0.05) is 13.7 Å². The van der Waals surface area contributed by atoms with Crippen molar-refractivity contribution < 1.29 is 9.13 Å². The molecule has 1 aromatic carbocycles. The van der Waals surface area contributed by atoms with Gasteiger partial charge in [-0.3, -0.25) is 0 Å². The molecule has 132 valence electrons. The summed E-state index contributed by atoms with van der Waals surface area (Å²) in [4.78, 5) is 0. The zero-order chi connectivity index (χ0) is 17.9. The third-order valence-corrected chi connectivity index (χ3v) is 4.23. The summed E-state index contributed by atoms with van der Waals surface area (Å²) < 4.78 is 17.3. The van der Waals surface area contributed by atoms with Crippen LogP contribution in [-0.2, 0) is 11.2 Å². The maximum atomic E-state index is 12.7. The normalized spacial score (nSPS) is 18.2. The van der Waals surface area contributed by atoms with Crippen LogP contribution >= 0.6 is 0 Å². The Bertz CT molecular complexity index is 594. The summed E-state index contributed by atoms with van der Waals surface area (Å²) in [6.45, 7) is 9.20. The van der Waals surface area contributed by atoms with Gasteiger partial charge in [0.25, 0.3) is 0 Å². The second-order valence-electron chi connectivity index (χ2n) is 6.39. The van der Waals surface area contributed by atoms with Gasteiger partial charge < -0.3 is 4.74 Å². The molecule has 1 nitrogen and oxygen atoms in total. The molecule has 2 aliphatic carbocycles. The van der Waals surface area contributed by atoms with Crippen LogP contribution in [0.2, 0.25) is 0 Å². The van der Waals surface area contributed by atoms with Crippen LogP contribution in [0, 0.1) is 5.82 Å². The molecule has 0 amide bonds. The number of halogens is 1. The maximum Gasteiger partial charge on any atom is 0.123 e. The number of ether oxygens (including phenoxy) is 1. The van der Waals surface area contributed by atoms with Gasteiger partial charge in [0.1, 0.15) is 5.82 Å². The summed E-state index contributed by atoms with van der Waals surface area (Å²) >= 11 is 0. The van der Waals surface area contributed by atoms with E-state index in [1.807, 2.05) is 13.0 Å². The summed E-state index contributed by atoms with van der Waals surface area (Å²) in [7, 11) is 1.68. The Kier molecular flexibility index (Phi) is 9.33. The SMILES string of the molecule is CC1=CC=C(C)CC=C1.CC1CCc2ccc(F)cc21.CCOC. The molecule has 0 aromatic heterocycles. The minimum Gasteiger partial charge on any atom is -0.385 e. The van der Waals surface area contributed by atoms with Crippen molar-refractivity contribution in [1.82, 2.24) is 0 Å². The minimum absolute atomic E-state index is 0.0995. The van der Waals surface area contributed by atoms with E-state index >= 15 is 0 Å². The lowest BCUT2D eigenvalue weighted by Gasteiger charge is -2.02. The van der Waals surface area contributed by atoms with Crippen molar-refractivity contribution in [1.29, 1.82) is 0 Å². The second kappa shape index (κ2) is 11.0. The molecule has 0 heterocycles. The van der Waals surface area contributed by atoms with Crippen molar-refractivity contribution in [3.8, 4) is 0 Å². The van der Waals surface area contributed by atoms with Gasteiger partial charge in [0.05, 0.1) is 0 Å². The zero-order valence-electron chi connectivity index (χ0n) is 15.7. The lowest BCUT2D eigenvalue weighted by atomic mass is 10.0. The van der Waals surface area contributed by atoms with Crippen LogP contribution < -0.4 is 0 Å². The van der Waals surface area contributed by atoms with Gasteiger partial charge in [-0.25, -0.2) is 4.39 Å². The van der Waals surface area contributed by atoms with E-state index in [0.29, 0.717) is 5.92 Å². The standard InChI is InChI=1S/C10H11F.C9H12.C3H8O/c1-7-2-3-8-4-5-9(11)6-10(7)8;1-8-4-3-5-9(2)7-6-8;1-3-4-2/h4-7H,2-3H2,1H3;3-4,6-7H,5H2,1-2H3;3H2,1-2H3. The maximum absolute atomic E-state index is 12.7. The number of hydrogen-bond donors (Lipinski definition) is 0. The Balaban J connectivity index is 0.000000201. The Morgan fingerprint density at radius 1 is 1.21 bits per heavy atom. The Hall–Kier alpha value is -1.67. The van der Waals surface area contributed by atoms with E-state index in [2.05, 4.69) is 49.8 Å². The van der Waals surface area contributed by atoms with E-state index in [9.17, 15) is 4.39 Å². The van der Waals surface area contributed by atoms with Crippen LogP contribution in [0.5, 0.6) is 0 Å². The highest BCUT2D eigenvalue weighted by atomic mass is 19.1. The molecule has 2 aliphatic rings. The predicted molar refractivity (Wildman–Crippen MR) is 102 cm³/mol. The molecular weight excluding hydrogens is 299 g/mol. The number of methoxy groups -OCH3 is 1. The molecule has 0 radical (unpaired) electrons. The molecule has 0 spiro atoms. The minimum atomic E-state index is -0.0995. The van der Waals surface area contributed by atoms with Gasteiger partial charge in [-0.1, -0.05) is 48.4 Å². The monoisotopic (exact) mass is 330 g/mol. The van der Waals surface area contributed by atoms with Gasteiger partial charge in [0.2, 0.25) is 0 Å². The highest BCUT2D eigenvalue weighted by Gasteiger charge is 2.18. The van der Waals surface area contributed by atoms with Crippen molar-refractivity contribution in [2.45, 2.75) is 52.9 Å². The zero-order valence-corrected chi connectivity index (χ0v) is 15.7. The van der Waals surface area contributed by atoms with Gasteiger partial charge in [-0.2, -0.15) is 0 Å². The fourth-order valence-corrected chi connectivity index (χ4v) is 2.61. The summed E-state index contributed by atoms with van der Waals surface area (Å²) in [5, 5.41) is 0. The van der Waals surface area contributed by atoms with Crippen molar-refractivity contribution >= 4 is 0 Å². The predicted octanol–water partition coefficient (Wildman–Crippen LogP) is 6.37. The third kappa shape index (κ3) is 7.27.